The van der Waals surface area contributed by atoms with Gasteiger partial charge in [-0.3, -0.25) is 4.98 Å². The Morgan fingerprint density at radius 2 is 1.81 bits per heavy atom. The summed E-state index contributed by atoms with van der Waals surface area (Å²) in [6, 6.07) is 13.3. The maximum atomic E-state index is 13.2. The molecule has 0 spiro atoms. The highest BCUT2D eigenvalue weighted by Gasteiger charge is 2.33. The number of rotatable bonds is 7. The number of benzene rings is 2. The summed E-state index contributed by atoms with van der Waals surface area (Å²) in [5.41, 5.74) is 0.656. The van der Waals surface area contributed by atoms with Crippen molar-refractivity contribution < 1.29 is 22.1 Å². The molecule has 142 valence electrons. The largest absolute Gasteiger partial charge is 0.610 e. The van der Waals surface area contributed by atoms with E-state index < -0.39 is 26.8 Å². The van der Waals surface area contributed by atoms with Crippen LogP contribution in [-0.4, -0.2) is 42.4 Å². The molecule has 1 atom stereocenters. The Bertz CT molecular complexity index is 1010. The van der Waals surface area contributed by atoms with Gasteiger partial charge in [-0.15, -0.1) is 0 Å². The van der Waals surface area contributed by atoms with Crippen LogP contribution < -0.4 is 0 Å². The van der Waals surface area contributed by atoms with Gasteiger partial charge in [0.05, 0.1) is 11.5 Å². The summed E-state index contributed by atoms with van der Waals surface area (Å²) in [4.78, 5) is 6.96. The minimum Gasteiger partial charge on any atom is -0.610 e. The van der Waals surface area contributed by atoms with E-state index in [1.54, 1.807) is 24.3 Å². The molecule has 0 amide bonds. The van der Waals surface area contributed by atoms with E-state index >= 15 is 0 Å². The fourth-order valence-electron chi connectivity index (χ4n) is 2.40. The molecule has 27 heavy (non-hydrogen) atoms. The molecule has 9 heteroatoms. The number of aromatic amines is 1. The topological polar surface area (TPSA) is 95.1 Å². The fraction of sp³-hybridized carbons (Fsp3) is 0.167. The molecule has 0 saturated carbocycles. The number of hydrogen-bond acceptors (Lipinski definition) is 5. The second-order valence-electron chi connectivity index (χ2n) is 5.59. The SMILES string of the molecule is COCC[S+]([O-])c1[nH]c(-c2ccccc2)nc1S(=O)(=O)c1ccc(F)cc1. The summed E-state index contributed by atoms with van der Waals surface area (Å²) in [5.74, 6) is -0.152. The Labute approximate surface area is 159 Å². The van der Waals surface area contributed by atoms with E-state index in [1.807, 2.05) is 6.07 Å². The highest BCUT2D eigenvalue weighted by molar-refractivity contribution is 7.94. The minimum atomic E-state index is -4.09. The monoisotopic (exact) mass is 408 g/mol. The Balaban J connectivity index is 2.11. The maximum Gasteiger partial charge on any atom is 0.262 e. The van der Waals surface area contributed by atoms with E-state index in [2.05, 4.69) is 9.97 Å². The quantitative estimate of drug-likeness (QED) is 0.479. The third-order valence-electron chi connectivity index (χ3n) is 3.77. The third-order valence-corrected chi connectivity index (χ3v) is 6.88. The molecular formula is C18H17FN2O4S2. The van der Waals surface area contributed by atoms with Crippen LogP contribution in [0.1, 0.15) is 0 Å². The van der Waals surface area contributed by atoms with E-state index in [1.165, 1.54) is 7.11 Å². The molecule has 1 unspecified atom stereocenters. The molecular weight excluding hydrogens is 391 g/mol. The molecule has 0 aliphatic rings. The summed E-state index contributed by atoms with van der Waals surface area (Å²) in [7, 11) is -2.62. The van der Waals surface area contributed by atoms with Gasteiger partial charge in [0.25, 0.3) is 5.03 Å². The first-order valence-electron chi connectivity index (χ1n) is 7.97. The van der Waals surface area contributed by atoms with Gasteiger partial charge in [-0.2, -0.15) is 0 Å². The Kier molecular flexibility index (Phi) is 5.95. The van der Waals surface area contributed by atoms with E-state index in [4.69, 9.17) is 4.74 Å². The number of hydrogen-bond donors (Lipinski definition) is 1. The summed E-state index contributed by atoms with van der Waals surface area (Å²) in [6.07, 6.45) is 0. The standard InChI is InChI=1S/C18H17FN2O4S2/c1-25-11-12-26(22)17-18(21-16(20-17)13-5-3-2-4-6-13)27(23,24)15-9-7-14(19)8-10-15/h2-10H,11-12H2,1H3,(H,20,21). The fourth-order valence-corrected chi connectivity index (χ4v) is 5.20. The van der Waals surface area contributed by atoms with Gasteiger partial charge < -0.3 is 9.29 Å². The van der Waals surface area contributed by atoms with Crippen molar-refractivity contribution in [2.75, 3.05) is 19.5 Å². The van der Waals surface area contributed by atoms with Gasteiger partial charge in [0.2, 0.25) is 14.9 Å². The second kappa shape index (κ2) is 8.22. The van der Waals surface area contributed by atoms with E-state index in [0.717, 1.165) is 24.3 Å². The van der Waals surface area contributed by atoms with Crippen molar-refractivity contribution >= 4 is 21.0 Å². The van der Waals surface area contributed by atoms with E-state index in [-0.39, 0.29) is 33.1 Å². The van der Waals surface area contributed by atoms with Crippen LogP contribution in [-0.2, 0) is 25.7 Å². The number of nitrogens with one attached hydrogen (secondary N) is 1. The number of ether oxygens (including phenoxy) is 1. The van der Waals surface area contributed by atoms with Crippen molar-refractivity contribution in [2.45, 2.75) is 14.9 Å². The minimum absolute atomic E-state index is 0.00442. The van der Waals surface area contributed by atoms with Gasteiger partial charge in [0, 0.05) is 23.8 Å². The van der Waals surface area contributed by atoms with Crippen LogP contribution in [0.5, 0.6) is 0 Å². The number of sulfone groups is 1. The lowest BCUT2D eigenvalue weighted by molar-refractivity contribution is 0.217. The van der Waals surface area contributed by atoms with E-state index in [9.17, 15) is 17.4 Å². The first-order chi connectivity index (χ1) is 12.9. The first kappa shape index (κ1) is 19.6. The molecule has 3 aromatic rings. The lowest BCUT2D eigenvalue weighted by atomic mass is 10.2. The average molecular weight is 408 g/mol. The number of H-pyrrole nitrogens is 1. The average Bonchev–Trinajstić information content (AvgIpc) is 3.13. The smallest absolute Gasteiger partial charge is 0.262 e. The molecule has 0 saturated heterocycles. The van der Waals surface area contributed by atoms with Crippen molar-refractivity contribution in [3.63, 3.8) is 0 Å². The van der Waals surface area contributed by atoms with Crippen molar-refractivity contribution in [3.05, 3.63) is 60.4 Å². The van der Waals surface area contributed by atoms with Gasteiger partial charge in [0.15, 0.2) is 0 Å². The number of halogens is 1. The number of methoxy groups -OCH3 is 1. The van der Waals surface area contributed by atoms with Crippen LogP contribution in [0.3, 0.4) is 0 Å². The van der Waals surface area contributed by atoms with Crippen LogP contribution >= 0.6 is 0 Å². The first-order valence-corrected chi connectivity index (χ1v) is 10.8. The number of nitrogens with zero attached hydrogens (tertiary/aromatic N) is 1. The summed E-state index contributed by atoms with van der Waals surface area (Å²) < 4.78 is 56.8. The summed E-state index contributed by atoms with van der Waals surface area (Å²) >= 11 is -1.67. The predicted octanol–water partition coefficient (Wildman–Crippen LogP) is 2.80. The molecule has 0 aliphatic carbocycles. The molecule has 1 aromatic heterocycles. The molecule has 3 rings (SSSR count). The zero-order valence-corrected chi connectivity index (χ0v) is 16.0. The van der Waals surface area contributed by atoms with Crippen molar-refractivity contribution in [1.29, 1.82) is 0 Å². The van der Waals surface area contributed by atoms with Gasteiger partial charge in [0.1, 0.15) is 17.4 Å². The number of aromatic nitrogens is 2. The molecule has 1 N–H and O–H groups in total. The Morgan fingerprint density at radius 3 is 2.44 bits per heavy atom. The second-order valence-corrected chi connectivity index (χ2v) is 8.96. The summed E-state index contributed by atoms with van der Waals surface area (Å²) in [5, 5.41) is -0.336. The molecule has 2 aromatic carbocycles. The number of imidazole rings is 1. The van der Waals surface area contributed by atoms with Crippen LogP contribution in [0.4, 0.5) is 4.39 Å². The van der Waals surface area contributed by atoms with Crippen LogP contribution in [0.15, 0.2) is 69.5 Å². The molecule has 0 aliphatic heterocycles. The lowest BCUT2D eigenvalue weighted by Crippen LogP contribution is -2.16. The van der Waals surface area contributed by atoms with Crippen molar-refractivity contribution in [2.24, 2.45) is 0 Å². The molecule has 6 nitrogen and oxygen atoms in total. The van der Waals surface area contributed by atoms with E-state index in [0.29, 0.717) is 5.56 Å². The van der Waals surface area contributed by atoms with Gasteiger partial charge in [-0.1, -0.05) is 30.3 Å². The lowest BCUT2D eigenvalue weighted by Gasteiger charge is -2.09. The Morgan fingerprint density at radius 1 is 1.15 bits per heavy atom. The van der Waals surface area contributed by atoms with Crippen LogP contribution in [0.2, 0.25) is 0 Å². The van der Waals surface area contributed by atoms with Crippen LogP contribution in [0, 0.1) is 5.82 Å². The predicted molar refractivity (Wildman–Crippen MR) is 99.0 cm³/mol. The van der Waals surface area contributed by atoms with Gasteiger partial charge >= 0.3 is 0 Å². The molecule has 0 fully saturated rings. The highest BCUT2D eigenvalue weighted by Crippen LogP contribution is 2.29. The maximum absolute atomic E-state index is 13.2. The van der Waals surface area contributed by atoms with Gasteiger partial charge in [-0.05, 0) is 24.3 Å². The van der Waals surface area contributed by atoms with Gasteiger partial charge in [-0.25, -0.2) is 17.8 Å². The highest BCUT2D eigenvalue weighted by atomic mass is 32.2. The Hall–Kier alpha value is -2.20. The summed E-state index contributed by atoms with van der Waals surface area (Å²) in [6.45, 7) is 0.197. The molecule has 0 bridgehead atoms. The van der Waals surface area contributed by atoms with Crippen molar-refractivity contribution in [1.82, 2.24) is 9.97 Å². The van der Waals surface area contributed by atoms with Crippen molar-refractivity contribution in [3.8, 4) is 11.4 Å². The molecule has 0 radical (unpaired) electrons. The third kappa shape index (κ3) is 4.22. The van der Waals surface area contributed by atoms with Crippen LogP contribution in [0.25, 0.3) is 11.4 Å². The molecule has 1 heterocycles. The zero-order valence-electron chi connectivity index (χ0n) is 14.4. The zero-order chi connectivity index (χ0) is 19.4. The normalized spacial score (nSPS) is 12.9.